The summed E-state index contributed by atoms with van der Waals surface area (Å²) in [6.07, 6.45) is 0. The van der Waals surface area contributed by atoms with Gasteiger partial charge in [0.2, 0.25) is 0 Å². The first-order chi connectivity index (χ1) is 3.72. The Balaban J connectivity index is 3.52. The van der Waals surface area contributed by atoms with Crippen LogP contribution in [-0.4, -0.2) is 19.0 Å². The molecule has 0 aliphatic heterocycles. The first-order valence-electron chi connectivity index (χ1n) is 3.08. The Kier molecular flexibility index (Phi) is 4.24. The number of rotatable bonds is 3. The van der Waals surface area contributed by atoms with E-state index >= 15 is 0 Å². The second-order valence-electron chi connectivity index (χ2n) is 1.87. The summed E-state index contributed by atoms with van der Waals surface area (Å²) in [5.41, 5.74) is 0. The van der Waals surface area contributed by atoms with Crippen molar-refractivity contribution in [3.8, 4) is 0 Å². The number of hydrogen-bond donors (Lipinski definition) is 0. The Morgan fingerprint density at radius 3 is 1.75 bits per heavy atom. The van der Waals surface area contributed by atoms with Gasteiger partial charge < -0.3 is 0 Å². The Hall–Kier alpha value is 0.213. The van der Waals surface area contributed by atoms with E-state index in [2.05, 4.69) is 13.8 Å². The molecule has 0 amide bonds. The molecule has 0 saturated heterocycles. The first kappa shape index (κ1) is 8.21. The van der Waals surface area contributed by atoms with Crippen LogP contribution in [0.1, 0.15) is 20.8 Å². The van der Waals surface area contributed by atoms with Crippen molar-refractivity contribution < 1.29 is 4.79 Å². The molecule has 0 aliphatic rings. The van der Waals surface area contributed by atoms with Crippen LogP contribution in [0.4, 0.5) is 0 Å². The Morgan fingerprint density at radius 2 is 1.75 bits per heavy atom. The van der Waals surface area contributed by atoms with Crippen molar-refractivity contribution in [1.29, 1.82) is 0 Å². The third-order valence-electron chi connectivity index (χ3n) is 1.35. The van der Waals surface area contributed by atoms with Crippen LogP contribution in [0.25, 0.3) is 0 Å². The van der Waals surface area contributed by atoms with Crippen molar-refractivity contribution in [2.75, 3.05) is 0 Å². The van der Waals surface area contributed by atoms with Gasteiger partial charge in [-0.1, -0.05) is 0 Å². The van der Waals surface area contributed by atoms with Crippen LogP contribution in [0.15, 0.2) is 0 Å². The minimum absolute atomic E-state index is 0.495. The van der Waals surface area contributed by atoms with Crippen LogP contribution in [0.2, 0.25) is 10.5 Å². The van der Waals surface area contributed by atoms with Gasteiger partial charge >= 0.3 is 55.0 Å². The van der Waals surface area contributed by atoms with E-state index in [9.17, 15) is 4.79 Å². The number of carbonyl (C=O) groups is 1. The molecule has 0 rings (SSSR count). The van der Waals surface area contributed by atoms with E-state index in [-0.39, 0.29) is 0 Å². The summed E-state index contributed by atoms with van der Waals surface area (Å²) >= 11 is -1.15. The second kappa shape index (κ2) is 4.13. The normalized spacial score (nSPS) is 10.0. The fourth-order valence-corrected chi connectivity index (χ4v) is 3.89. The topological polar surface area (TPSA) is 17.1 Å². The maximum atomic E-state index is 10.7. The Morgan fingerprint density at radius 1 is 1.38 bits per heavy atom. The predicted molar refractivity (Wildman–Crippen MR) is 37.4 cm³/mol. The van der Waals surface area contributed by atoms with Crippen LogP contribution in [0.5, 0.6) is 0 Å². The summed E-state index contributed by atoms with van der Waals surface area (Å²) in [5, 5.41) is 2.32. The van der Waals surface area contributed by atoms with Crippen molar-refractivity contribution >= 4 is 19.0 Å². The average molecular weight is 174 g/mol. The van der Waals surface area contributed by atoms with Gasteiger partial charge in [-0.05, 0) is 0 Å². The van der Waals surface area contributed by atoms with E-state index < -0.39 is 14.3 Å². The van der Waals surface area contributed by atoms with Gasteiger partial charge in [-0.15, -0.1) is 0 Å². The SMILES string of the molecule is C[CH2][Ge]([CH2]C)[C](C)=O. The van der Waals surface area contributed by atoms with Crippen LogP contribution in [0, 0.1) is 0 Å². The molecule has 0 fully saturated rings. The van der Waals surface area contributed by atoms with Gasteiger partial charge in [0.05, 0.1) is 0 Å². The third kappa shape index (κ3) is 2.50. The monoisotopic (exact) mass is 175 g/mol. The van der Waals surface area contributed by atoms with Crippen LogP contribution in [-0.2, 0) is 4.79 Å². The molecule has 1 nitrogen and oxygen atoms in total. The zero-order chi connectivity index (χ0) is 6.57. The van der Waals surface area contributed by atoms with E-state index in [1.54, 1.807) is 6.92 Å². The molecule has 2 heteroatoms. The summed E-state index contributed by atoms with van der Waals surface area (Å²) in [5.74, 6) is 0. The molecule has 0 bridgehead atoms. The molecule has 1 radical (unpaired) electrons. The van der Waals surface area contributed by atoms with Gasteiger partial charge in [-0.3, -0.25) is 0 Å². The molecule has 0 N–H and O–H groups in total. The van der Waals surface area contributed by atoms with Crippen molar-refractivity contribution in [3.63, 3.8) is 0 Å². The molecule has 0 unspecified atom stereocenters. The molecule has 8 heavy (non-hydrogen) atoms. The fourth-order valence-electron chi connectivity index (χ4n) is 0.748. The molecule has 0 aromatic rings. The number of carbonyl (C=O) groups excluding carboxylic acids is 1. The molecular formula is C6H13GeO. The quantitative estimate of drug-likeness (QED) is 0.594. The minimum atomic E-state index is -1.15. The van der Waals surface area contributed by atoms with E-state index in [0.717, 1.165) is 10.5 Å². The zero-order valence-corrected chi connectivity index (χ0v) is 7.92. The Bertz CT molecular complexity index is 76.6. The van der Waals surface area contributed by atoms with Crippen LogP contribution < -0.4 is 0 Å². The summed E-state index contributed by atoms with van der Waals surface area (Å²) in [6.45, 7) is 5.99. The van der Waals surface area contributed by atoms with Crippen molar-refractivity contribution in [2.45, 2.75) is 31.3 Å². The molecule has 0 saturated carbocycles. The van der Waals surface area contributed by atoms with Gasteiger partial charge in [0, 0.05) is 0 Å². The van der Waals surface area contributed by atoms with Gasteiger partial charge in [0.25, 0.3) is 0 Å². The van der Waals surface area contributed by atoms with Gasteiger partial charge in [-0.2, -0.15) is 0 Å². The third-order valence-corrected chi connectivity index (χ3v) is 7.02. The van der Waals surface area contributed by atoms with Crippen molar-refractivity contribution in [3.05, 3.63) is 0 Å². The molecule has 0 aromatic carbocycles. The average Bonchev–Trinajstić information content (AvgIpc) is 1.69. The zero-order valence-electron chi connectivity index (χ0n) is 5.82. The van der Waals surface area contributed by atoms with Gasteiger partial charge in [0.1, 0.15) is 0 Å². The predicted octanol–water partition coefficient (Wildman–Crippen LogP) is 1.65. The molecule has 0 aromatic heterocycles. The Labute approximate surface area is 55.6 Å². The summed E-state index contributed by atoms with van der Waals surface area (Å²) < 4.78 is 0.495. The van der Waals surface area contributed by atoms with Crippen molar-refractivity contribution in [2.24, 2.45) is 0 Å². The fraction of sp³-hybridized carbons (Fsp3) is 0.833. The molecule has 0 heterocycles. The number of hydrogen-bond acceptors (Lipinski definition) is 1. The van der Waals surface area contributed by atoms with Crippen LogP contribution >= 0.6 is 0 Å². The van der Waals surface area contributed by atoms with Gasteiger partial charge in [0.15, 0.2) is 0 Å². The van der Waals surface area contributed by atoms with E-state index in [0.29, 0.717) is 4.62 Å². The first-order valence-corrected chi connectivity index (χ1v) is 7.09. The van der Waals surface area contributed by atoms with E-state index in [1.165, 1.54) is 0 Å². The second-order valence-corrected chi connectivity index (χ2v) is 8.84. The summed E-state index contributed by atoms with van der Waals surface area (Å²) in [7, 11) is 0. The molecule has 0 atom stereocenters. The molecule has 0 aliphatic carbocycles. The van der Waals surface area contributed by atoms with Gasteiger partial charge in [-0.25, -0.2) is 0 Å². The molecular weight excluding hydrogens is 161 g/mol. The standard InChI is InChI=1S/C6H13GeO/c1-4-7(5-2)6(3)8/h4-5H2,1-3H3. The van der Waals surface area contributed by atoms with E-state index in [1.807, 2.05) is 0 Å². The van der Waals surface area contributed by atoms with Crippen molar-refractivity contribution in [1.82, 2.24) is 0 Å². The molecule has 47 valence electrons. The summed E-state index contributed by atoms with van der Waals surface area (Å²) in [6, 6.07) is 0. The van der Waals surface area contributed by atoms with Crippen LogP contribution in [0.3, 0.4) is 0 Å². The maximum absolute atomic E-state index is 10.7. The molecule has 0 spiro atoms. The summed E-state index contributed by atoms with van der Waals surface area (Å²) in [4.78, 5) is 10.7. The van der Waals surface area contributed by atoms with E-state index in [4.69, 9.17) is 0 Å².